The molecule has 0 fully saturated rings. The number of hydrogen-bond acceptors (Lipinski definition) is 8. The Kier molecular flexibility index (Phi) is 11.9. The molecule has 198 valence electrons. The molecule has 2 rings (SSSR count). The molecule has 0 saturated heterocycles. The zero-order chi connectivity index (χ0) is 27.5. The molecular formula is C22H23Br2N5O7S. The van der Waals surface area contributed by atoms with Gasteiger partial charge < -0.3 is 15.4 Å². The average Bonchev–Trinajstić information content (AvgIpc) is 2.90. The van der Waals surface area contributed by atoms with Gasteiger partial charge in [-0.3, -0.25) is 34.6 Å². The highest BCUT2D eigenvalue weighted by atomic mass is 79.9. The lowest BCUT2D eigenvalue weighted by Crippen LogP contribution is -2.44. The fourth-order valence-corrected chi connectivity index (χ4v) is 4.45. The van der Waals surface area contributed by atoms with Gasteiger partial charge in [0.2, 0.25) is 0 Å². The SMILES string of the molecule is O=C(NCCCCC(NC(=O)c1ccc(CBr)c([N+](=O)[O-])c1)C(=O)NS)c1ccc(CBr)c([N+](=O)[O-])c1. The smallest absolute Gasteiger partial charge is 0.274 e. The predicted octanol–water partition coefficient (Wildman–Crippen LogP) is 3.95. The number of benzene rings is 2. The van der Waals surface area contributed by atoms with Gasteiger partial charge in [-0.15, -0.1) is 0 Å². The van der Waals surface area contributed by atoms with Crippen LogP contribution in [0.25, 0.3) is 0 Å². The number of halogens is 2. The van der Waals surface area contributed by atoms with Crippen LogP contribution in [0.5, 0.6) is 0 Å². The van der Waals surface area contributed by atoms with Crippen molar-refractivity contribution >= 4 is 73.8 Å². The van der Waals surface area contributed by atoms with Crippen molar-refractivity contribution in [3.05, 3.63) is 78.9 Å². The minimum atomic E-state index is -0.963. The molecule has 2 aromatic carbocycles. The van der Waals surface area contributed by atoms with Crippen molar-refractivity contribution in [1.82, 2.24) is 15.4 Å². The lowest BCUT2D eigenvalue weighted by Gasteiger charge is -2.17. The first kappa shape index (κ1) is 30.2. The second kappa shape index (κ2) is 14.6. The monoisotopic (exact) mass is 659 g/mol. The fraction of sp³-hybridized carbons (Fsp3) is 0.318. The number of rotatable bonds is 13. The largest absolute Gasteiger partial charge is 0.352 e. The van der Waals surface area contributed by atoms with Crippen molar-refractivity contribution in [1.29, 1.82) is 0 Å². The van der Waals surface area contributed by atoms with Crippen LogP contribution in [0.2, 0.25) is 0 Å². The number of unbranched alkanes of at least 4 members (excludes halogenated alkanes) is 1. The van der Waals surface area contributed by atoms with Crippen molar-refractivity contribution < 1.29 is 24.2 Å². The summed E-state index contributed by atoms with van der Waals surface area (Å²) in [7, 11) is 0. The number of hydrogen-bond donors (Lipinski definition) is 4. The summed E-state index contributed by atoms with van der Waals surface area (Å²) < 4.78 is 2.17. The minimum Gasteiger partial charge on any atom is -0.352 e. The minimum absolute atomic E-state index is 0.0284. The molecule has 0 radical (unpaired) electrons. The van der Waals surface area contributed by atoms with Gasteiger partial charge in [0.1, 0.15) is 6.04 Å². The quantitative estimate of drug-likeness (QED) is 0.0827. The number of nitro groups is 2. The summed E-state index contributed by atoms with van der Waals surface area (Å²) in [6.07, 6.45) is 1.09. The van der Waals surface area contributed by atoms with E-state index in [4.69, 9.17) is 0 Å². The van der Waals surface area contributed by atoms with Crippen LogP contribution in [0.4, 0.5) is 11.4 Å². The van der Waals surface area contributed by atoms with Gasteiger partial charge in [0.25, 0.3) is 29.1 Å². The van der Waals surface area contributed by atoms with Gasteiger partial charge in [0.15, 0.2) is 0 Å². The Hall–Kier alpha value is -3.04. The van der Waals surface area contributed by atoms with Crippen molar-refractivity contribution in [2.45, 2.75) is 36.0 Å². The summed E-state index contributed by atoms with van der Waals surface area (Å²) in [6.45, 7) is 0.232. The van der Waals surface area contributed by atoms with Crippen LogP contribution < -0.4 is 15.4 Å². The van der Waals surface area contributed by atoms with E-state index in [1.165, 1.54) is 30.3 Å². The third-order valence-corrected chi connectivity index (χ3v) is 6.74. The summed E-state index contributed by atoms with van der Waals surface area (Å²) in [4.78, 5) is 58.5. The second-order valence-corrected chi connectivity index (χ2v) is 9.07. The Morgan fingerprint density at radius 3 is 1.84 bits per heavy atom. The normalized spacial score (nSPS) is 11.3. The predicted molar refractivity (Wildman–Crippen MR) is 146 cm³/mol. The lowest BCUT2D eigenvalue weighted by molar-refractivity contribution is -0.385. The van der Waals surface area contributed by atoms with E-state index in [9.17, 15) is 34.6 Å². The van der Waals surface area contributed by atoms with E-state index in [1.807, 2.05) is 0 Å². The van der Waals surface area contributed by atoms with Gasteiger partial charge in [-0.1, -0.05) is 56.8 Å². The number of carbonyl (C=O) groups is 3. The molecule has 0 saturated carbocycles. The summed E-state index contributed by atoms with van der Waals surface area (Å²) in [5.74, 6) is -1.70. The molecule has 37 heavy (non-hydrogen) atoms. The number of alkyl halides is 2. The third-order valence-electron chi connectivity index (χ3n) is 5.31. The van der Waals surface area contributed by atoms with Gasteiger partial charge in [-0.25, -0.2) is 0 Å². The van der Waals surface area contributed by atoms with E-state index in [2.05, 4.69) is 60.0 Å². The van der Waals surface area contributed by atoms with E-state index >= 15 is 0 Å². The topological polar surface area (TPSA) is 174 Å². The molecule has 0 bridgehead atoms. The molecule has 2 aromatic rings. The zero-order valence-corrected chi connectivity index (χ0v) is 23.3. The van der Waals surface area contributed by atoms with Crippen molar-refractivity contribution in [2.24, 2.45) is 0 Å². The van der Waals surface area contributed by atoms with Crippen molar-refractivity contribution in [3.8, 4) is 0 Å². The molecule has 15 heteroatoms. The van der Waals surface area contributed by atoms with Crippen molar-refractivity contribution in [3.63, 3.8) is 0 Å². The first-order chi connectivity index (χ1) is 17.6. The van der Waals surface area contributed by atoms with Gasteiger partial charge in [0.05, 0.1) is 9.85 Å². The van der Waals surface area contributed by atoms with Crippen LogP contribution in [0.3, 0.4) is 0 Å². The van der Waals surface area contributed by atoms with Gasteiger partial charge in [-0.2, -0.15) is 0 Å². The third kappa shape index (κ3) is 8.50. The van der Waals surface area contributed by atoms with E-state index in [0.717, 1.165) is 6.07 Å². The molecule has 1 atom stereocenters. The number of nitro benzene ring substituents is 2. The van der Waals surface area contributed by atoms with E-state index in [-0.39, 0.29) is 46.1 Å². The molecule has 0 aliphatic heterocycles. The summed E-state index contributed by atoms with van der Waals surface area (Å²) >= 11 is 10.1. The molecule has 0 spiro atoms. The molecular weight excluding hydrogens is 638 g/mol. The number of carbonyl (C=O) groups excluding carboxylic acids is 3. The van der Waals surface area contributed by atoms with E-state index in [0.29, 0.717) is 24.0 Å². The first-order valence-electron chi connectivity index (χ1n) is 10.8. The Morgan fingerprint density at radius 1 is 0.865 bits per heavy atom. The van der Waals surface area contributed by atoms with Crippen LogP contribution in [0.1, 0.15) is 51.1 Å². The average molecular weight is 661 g/mol. The molecule has 3 N–H and O–H groups in total. The number of thiol groups is 1. The summed E-state index contributed by atoms with van der Waals surface area (Å²) in [5, 5.41) is 28.2. The number of nitrogens with one attached hydrogen (secondary N) is 3. The van der Waals surface area contributed by atoms with Gasteiger partial charge >= 0.3 is 0 Å². The Morgan fingerprint density at radius 2 is 1.38 bits per heavy atom. The summed E-state index contributed by atoms with van der Waals surface area (Å²) in [5.41, 5.74) is 0.653. The van der Waals surface area contributed by atoms with Crippen LogP contribution in [-0.2, 0) is 15.5 Å². The highest BCUT2D eigenvalue weighted by Gasteiger charge is 2.23. The highest BCUT2D eigenvalue weighted by Crippen LogP contribution is 2.24. The van der Waals surface area contributed by atoms with Crippen LogP contribution in [0, 0.1) is 20.2 Å². The Balaban J connectivity index is 1.94. The van der Waals surface area contributed by atoms with Crippen LogP contribution in [0.15, 0.2) is 36.4 Å². The highest BCUT2D eigenvalue weighted by molar-refractivity contribution is 9.08. The van der Waals surface area contributed by atoms with E-state index in [1.54, 1.807) is 0 Å². The molecule has 0 heterocycles. The molecule has 3 amide bonds. The van der Waals surface area contributed by atoms with Gasteiger partial charge in [-0.05, 0) is 31.4 Å². The van der Waals surface area contributed by atoms with Crippen molar-refractivity contribution in [2.75, 3.05) is 6.54 Å². The molecule has 0 aliphatic carbocycles. The molecule has 1 unspecified atom stereocenters. The van der Waals surface area contributed by atoms with Crippen LogP contribution >= 0.6 is 44.7 Å². The Labute approximate surface area is 234 Å². The lowest BCUT2D eigenvalue weighted by atomic mass is 10.1. The standard InChI is InChI=1S/C22H23Br2N5O7S/c23-11-15-6-4-13(9-18(15)28(33)34)20(30)25-8-2-1-3-17(22(32)27-37)26-21(31)14-5-7-16(12-24)19(10-14)29(35)36/h4-7,9-10,17,37H,1-3,8,11-12H2,(H,25,30)(H,26,31)(H,27,32). The second-order valence-electron chi connectivity index (χ2n) is 7.72. The fourth-order valence-electron chi connectivity index (χ4n) is 3.34. The summed E-state index contributed by atoms with van der Waals surface area (Å²) in [6, 6.07) is 7.28. The molecule has 0 aromatic heterocycles. The molecule has 12 nitrogen and oxygen atoms in total. The number of amides is 3. The van der Waals surface area contributed by atoms with E-state index < -0.39 is 33.6 Å². The maximum Gasteiger partial charge on any atom is 0.274 e. The zero-order valence-electron chi connectivity index (χ0n) is 19.2. The van der Waals surface area contributed by atoms with Gasteiger partial charge in [0, 0.05) is 51.6 Å². The Bertz CT molecular complexity index is 1200. The first-order valence-corrected chi connectivity index (χ1v) is 13.5. The maximum atomic E-state index is 12.6. The van der Waals surface area contributed by atoms with Crippen LogP contribution in [-0.4, -0.2) is 40.2 Å². The molecule has 0 aliphatic rings. The number of nitrogens with zero attached hydrogens (tertiary/aromatic N) is 2. The maximum absolute atomic E-state index is 12.6.